The van der Waals surface area contributed by atoms with Crippen LogP contribution in [0.3, 0.4) is 0 Å². The van der Waals surface area contributed by atoms with Crippen molar-refractivity contribution in [1.29, 1.82) is 0 Å². The molecule has 1 N–H and O–H groups in total. The lowest BCUT2D eigenvalue weighted by atomic mass is 9.70. The van der Waals surface area contributed by atoms with Gasteiger partial charge in [-0.3, -0.25) is 0 Å². The maximum Gasteiger partial charge on any atom is 0.124 e. The Morgan fingerprint density at radius 1 is 1.33 bits per heavy atom. The van der Waals surface area contributed by atoms with Crippen molar-refractivity contribution in [1.82, 2.24) is 5.32 Å². The van der Waals surface area contributed by atoms with Gasteiger partial charge in [-0.1, -0.05) is 24.6 Å². The summed E-state index contributed by atoms with van der Waals surface area (Å²) in [6.45, 7) is 4.39. The van der Waals surface area contributed by atoms with E-state index in [-0.39, 0.29) is 5.82 Å². The Morgan fingerprint density at radius 3 is 2.72 bits per heavy atom. The number of hydrogen-bond acceptors (Lipinski definition) is 1. The van der Waals surface area contributed by atoms with Crippen LogP contribution < -0.4 is 5.32 Å². The highest BCUT2D eigenvalue weighted by Crippen LogP contribution is 2.37. The van der Waals surface area contributed by atoms with Crippen molar-refractivity contribution >= 4 is 11.6 Å². The maximum absolute atomic E-state index is 13.0. The Kier molecular flexibility index (Phi) is 5.02. The van der Waals surface area contributed by atoms with Gasteiger partial charge in [0.25, 0.3) is 0 Å². The summed E-state index contributed by atoms with van der Waals surface area (Å²) in [6.07, 6.45) is 4.74. The van der Waals surface area contributed by atoms with Crippen LogP contribution in [0, 0.1) is 17.7 Å². The molecule has 0 spiro atoms. The second-order valence-corrected chi connectivity index (χ2v) is 5.65. The lowest BCUT2D eigenvalue weighted by Crippen LogP contribution is -2.36. The smallest absolute Gasteiger partial charge is 0.124 e. The van der Waals surface area contributed by atoms with Crippen molar-refractivity contribution in [2.45, 2.75) is 32.6 Å². The molecule has 1 nitrogen and oxygen atoms in total. The lowest BCUT2D eigenvalue weighted by molar-refractivity contribution is 0.171. The molecule has 1 aliphatic rings. The number of rotatable bonds is 6. The van der Waals surface area contributed by atoms with Crippen molar-refractivity contribution < 1.29 is 4.39 Å². The fraction of sp³-hybridized carbons (Fsp3) is 0.600. The topological polar surface area (TPSA) is 12.0 Å². The van der Waals surface area contributed by atoms with Crippen molar-refractivity contribution in [3.63, 3.8) is 0 Å². The first kappa shape index (κ1) is 13.8. The van der Waals surface area contributed by atoms with Crippen LogP contribution in [0.5, 0.6) is 0 Å². The molecule has 0 heterocycles. The van der Waals surface area contributed by atoms with Crippen LogP contribution in [-0.4, -0.2) is 13.1 Å². The Morgan fingerprint density at radius 2 is 2.11 bits per heavy atom. The summed E-state index contributed by atoms with van der Waals surface area (Å²) in [5.41, 5.74) is 1.09. The minimum absolute atomic E-state index is 0.251. The quantitative estimate of drug-likeness (QED) is 0.769. The van der Waals surface area contributed by atoms with Gasteiger partial charge in [0.05, 0.1) is 0 Å². The third-order valence-electron chi connectivity index (χ3n) is 3.91. The van der Waals surface area contributed by atoms with Crippen molar-refractivity contribution in [2.75, 3.05) is 13.1 Å². The van der Waals surface area contributed by atoms with Crippen LogP contribution >= 0.6 is 11.6 Å². The molecule has 0 aliphatic heterocycles. The molecule has 1 aliphatic carbocycles. The van der Waals surface area contributed by atoms with E-state index in [2.05, 4.69) is 12.2 Å². The summed E-state index contributed by atoms with van der Waals surface area (Å²) >= 11 is 6.07. The van der Waals surface area contributed by atoms with Gasteiger partial charge in [-0.05, 0) is 68.3 Å². The maximum atomic E-state index is 13.0. The first-order valence-corrected chi connectivity index (χ1v) is 7.23. The van der Waals surface area contributed by atoms with Crippen LogP contribution in [0.25, 0.3) is 0 Å². The fourth-order valence-electron chi connectivity index (χ4n) is 2.61. The van der Waals surface area contributed by atoms with Gasteiger partial charge < -0.3 is 5.32 Å². The molecule has 0 radical (unpaired) electrons. The third-order valence-corrected chi connectivity index (χ3v) is 4.26. The minimum atomic E-state index is -0.251. The van der Waals surface area contributed by atoms with Crippen LogP contribution in [0.1, 0.15) is 31.7 Å². The first-order chi connectivity index (χ1) is 8.70. The van der Waals surface area contributed by atoms with E-state index in [9.17, 15) is 4.39 Å². The third kappa shape index (κ3) is 3.46. The molecule has 1 aromatic rings. The standard InChI is InChI=1S/C15H21ClFN/c1-2-7-18-10-13-4-3-11(13)8-12-5-6-14(17)9-15(12)16/h5-6,9,11,13,18H,2-4,7-8,10H2,1H3. The summed E-state index contributed by atoms with van der Waals surface area (Å²) in [6, 6.07) is 4.75. The van der Waals surface area contributed by atoms with E-state index in [1.165, 1.54) is 31.4 Å². The highest BCUT2D eigenvalue weighted by atomic mass is 35.5. The van der Waals surface area contributed by atoms with Gasteiger partial charge in [-0.25, -0.2) is 4.39 Å². The monoisotopic (exact) mass is 269 g/mol. The Bertz CT molecular complexity index is 394. The van der Waals surface area contributed by atoms with Crippen LogP contribution in [-0.2, 0) is 6.42 Å². The molecule has 2 unspecified atom stereocenters. The molecule has 0 amide bonds. The molecule has 0 aromatic heterocycles. The largest absolute Gasteiger partial charge is 0.316 e. The van der Waals surface area contributed by atoms with Crippen molar-refractivity contribution in [3.8, 4) is 0 Å². The second-order valence-electron chi connectivity index (χ2n) is 5.24. The summed E-state index contributed by atoms with van der Waals surface area (Å²) in [5, 5.41) is 4.05. The number of hydrogen-bond donors (Lipinski definition) is 1. The summed E-state index contributed by atoms with van der Waals surface area (Å²) in [4.78, 5) is 0. The molecule has 0 bridgehead atoms. The zero-order chi connectivity index (χ0) is 13.0. The summed E-state index contributed by atoms with van der Waals surface area (Å²) in [7, 11) is 0. The Hall–Kier alpha value is -0.600. The molecule has 2 rings (SSSR count). The van der Waals surface area contributed by atoms with E-state index in [1.807, 2.05) is 6.07 Å². The van der Waals surface area contributed by atoms with Crippen molar-refractivity contribution in [2.24, 2.45) is 11.8 Å². The van der Waals surface area contributed by atoms with Crippen LogP contribution in [0.2, 0.25) is 5.02 Å². The predicted molar refractivity (Wildman–Crippen MR) is 74.5 cm³/mol. The minimum Gasteiger partial charge on any atom is -0.316 e. The first-order valence-electron chi connectivity index (χ1n) is 6.85. The van der Waals surface area contributed by atoms with E-state index in [0.717, 1.165) is 31.0 Å². The number of benzene rings is 1. The molecule has 18 heavy (non-hydrogen) atoms. The average molecular weight is 270 g/mol. The van der Waals surface area contributed by atoms with Crippen LogP contribution in [0.15, 0.2) is 18.2 Å². The average Bonchev–Trinajstić information content (AvgIpc) is 2.32. The molecule has 1 fully saturated rings. The summed E-state index contributed by atoms with van der Waals surface area (Å²) < 4.78 is 13.0. The molecule has 3 heteroatoms. The molecule has 100 valence electrons. The number of halogens is 2. The highest BCUT2D eigenvalue weighted by Gasteiger charge is 2.30. The predicted octanol–water partition coefficient (Wildman–Crippen LogP) is 4.05. The molecule has 0 saturated heterocycles. The van der Waals surface area contributed by atoms with Crippen LogP contribution in [0.4, 0.5) is 4.39 Å². The molecule has 1 saturated carbocycles. The molecular formula is C15H21ClFN. The van der Waals surface area contributed by atoms with Gasteiger partial charge in [0, 0.05) is 5.02 Å². The zero-order valence-electron chi connectivity index (χ0n) is 10.9. The second kappa shape index (κ2) is 6.53. The normalized spacial score (nSPS) is 22.8. The highest BCUT2D eigenvalue weighted by molar-refractivity contribution is 6.31. The SMILES string of the molecule is CCCNCC1CCC1Cc1ccc(F)cc1Cl. The van der Waals surface area contributed by atoms with Gasteiger partial charge >= 0.3 is 0 Å². The van der Waals surface area contributed by atoms with E-state index in [0.29, 0.717) is 10.9 Å². The van der Waals surface area contributed by atoms with Gasteiger partial charge in [0.1, 0.15) is 5.82 Å². The molecule has 2 atom stereocenters. The molecule has 1 aromatic carbocycles. The molecular weight excluding hydrogens is 249 g/mol. The summed E-state index contributed by atoms with van der Waals surface area (Å²) in [5.74, 6) is 1.22. The lowest BCUT2D eigenvalue weighted by Gasteiger charge is -2.37. The van der Waals surface area contributed by atoms with Gasteiger partial charge in [0.2, 0.25) is 0 Å². The number of nitrogens with one attached hydrogen (secondary N) is 1. The fourth-order valence-corrected chi connectivity index (χ4v) is 2.85. The van der Waals surface area contributed by atoms with E-state index in [4.69, 9.17) is 11.6 Å². The van der Waals surface area contributed by atoms with E-state index < -0.39 is 0 Å². The van der Waals surface area contributed by atoms with Gasteiger partial charge in [0.15, 0.2) is 0 Å². The van der Waals surface area contributed by atoms with E-state index in [1.54, 1.807) is 0 Å². The Labute approximate surface area is 114 Å². The van der Waals surface area contributed by atoms with Crippen molar-refractivity contribution in [3.05, 3.63) is 34.6 Å². The van der Waals surface area contributed by atoms with Gasteiger partial charge in [-0.2, -0.15) is 0 Å². The Balaban J connectivity index is 1.85. The van der Waals surface area contributed by atoms with Gasteiger partial charge in [-0.15, -0.1) is 0 Å². The van der Waals surface area contributed by atoms with E-state index >= 15 is 0 Å². The zero-order valence-corrected chi connectivity index (χ0v) is 11.6.